The summed E-state index contributed by atoms with van der Waals surface area (Å²) in [5.74, 6) is 0.743. The monoisotopic (exact) mass is 355 g/mol. The topological polar surface area (TPSA) is 54.5 Å². The van der Waals surface area contributed by atoms with Crippen molar-refractivity contribution in [3.05, 3.63) is 53.9 Å². The number of aromatic nitrogens is 1. The van der Waals surface area contributed by atoms with E-state index in [1.807, 2.05) is 36.5 Å². The summed E-state index contributed by atoms with van der Waals surface area (Å²) in [5, 5.41) is 2.98. The summed E-state index contributed by atoms with van der Waals surface area (Å²) in [5.41, 5.74) is 2.74. The summed E-state index contributed by atoms with van der Waals surface area (Å²) in [6.07, 6.45) is 6.35. The van der Waals surface area contributed by atoms with E-state index in [0.717, 1.165) is 49.4 Å². The third-order valence-electron chi connectivity index (χ3n) is 4.17. The van der Waals surface area contributed by atoms with Crippen molar-refractivity contribution in [2.24, 2.45) is 0 Å². The zero-order valence-electron chi connectivity index (χ0n) is 16.0. The molecule has 0 radical (unpaired) electrons. The first kappa shape index (κ1) is 19.8. The van der Waals surface area contributed by atoms with Gasteiger partial charge in [-0.3, -0.25) is 9.78 Å². The summed E-state index contributed by atoms with van der Waals surface area (Å²) >= 11 is 0. The number of amides is 1. The van der Waals surface area contributed by atoms with Crippen LogP contribution in [0, 0.1) is 0 Å². The first-order chi connectivity index (χ1) is 12.7. The molecule has 5 heteroatoms. The van der Waals surface area contributed by atoms with Crippen molar-refractivity contribution in [1.29, 1.82) is 0 Å². The molecule has 1 aromatic carbocycles. The molecule has 1 N–H and O–H groups in total. The van der Waals surface area contributed by atoms with Gasteiger partial charge in [-0.05, 0) is 43.0 Å². The molecule has 0 unspecified atom stereocenters. The molecule has 1 aromatic heterocycles. The fourth-order valence-electron chi connectivity index (χ4n) is 2.89. The first-order valence-corrected chi connectivity index (χ1v) is 9.29. The predicted octanol–water partition coefficient (Wildman–Crippen LogP) is 3.69. The standard InChI is InChI=1S/C21H29N3O2/c1-4-11-24(12-5-2)19-14-18(15-22-16-19)21(25)23-10-9-17-7-6-8-20(13-17)26-3/h6-8,13-16H,4-5,9-12H2,1-3H3,(H,23,25). The lowest BCUT2D eigenvalue weighted by atomic mass is 10.1. The Bertz CT molecular complexity index is 697. The van der Waals surface area contributed by atoms with Gasteiger partial charge in [0.05, 0.1) is 24.6 Å². The van der Waals surface area contributed by atoms with Gasteiger partial charge in [0, 0.05) is 25.8 Å². The Labute approximate surface area is 156 Å². The average molecular weight is 355 g/mol. The molecule has 5 nitrogen and oxygen atoms in total. The first-order valence-electron chi connectivity index (χ1n) is 9.29. The van der Waals surface area contributed by atoms with Gasteiger partial charge in [-0.15, -0.1) is 0 Å². The van der Waals surface area contributed by atoms with Crippen LogP contribution in [0.4, 0.5) is 5.69 Å². The quantitative estimate of drug-likeness (QED) is 0.706. The van der Waals surface area contributed by atoms with E-state index in [1.165, 1.54) is 0 Å². The minimum atomic E-state index is -0.0878. The van der Waals surface area contributed by atoms with E-state index >= 15 is 0 Å². The van der Waals surface area contributed by atoms with Crippen LogP contribution in [0.15, 0.2) is 42.7 Å². The van der Waals surface area contributed by atoms with Crippen LogP contribution in [-0.2, 0) is 6.42 Å². The second kappa shape index (κ2) is 10.4. The maximum absolute atomic E-state index is 12.5. The number of methoxy groups -OCH3 is 1. The van der Waals surface area contributed by atoms with E-state index in [1.54, 1.807) is 13.3 Å². The molecule has 0 bridgehead atoms. The highest BCUT2D eigenvalue weighted by molar-refractivity contribution is 5.94. The summed E-state index contributed by atoms with van der Waals surface area (Å²) in [4.78, 5) is 19.0. The van der Waals surface area contributed by atoms with E-state index in [0.29, 0.717) is 12.1 Å². The van der Waals surface area contributed by atoms with Crippen LogP contribution in [-0.4, -0.2) is 37.6 Å². The van der Waals surface area contributed by atoms with E-state index < -0.39 is 0 Å². The molecule has 0 saturated carbocycles. The SMILES string of the molecule is CCCN(CCC)c1cncc(C(=O)NCCc2cccc(OC)c2)c1. The average Bonchev–Trinajstić information content (AvgIpc) is 2.68. The summed E-state index contributed by atoms with van der Waals surface area (Å²) in [6.45, 7) is 6.83. The molecule has 2 rings (SSSR count). The third-order valence-corrected chi connectivity index (χ3v) is 4.17. The molecule has 2 aromatic rings. The zero-order chi connectivity index (χ0) is 18.8. The zero-order valence-corrected chi connectivity index (χ0v) is 16.0. The molecular formula is C21H29N3O2. The Hall–Kier alpha value is -2.56. The van der Waals surface area contributed by atoms with E-state index in [2.05, 4.69) is 29.0 Å². The number of benzene rings is 1. The van der Waals surface area contributed by atoms with Crippen LogP contribution in [0.3, 0.4) is 0 Å². The van der Waals surface area contributed by atoms with Crippen molar-refractivity contribution in [3.8, 4) is 5.75 Å². The van der Waals surface area contributed by atoms with Gasteiger partial charge in [-0.25, -0.2) is 0 Å². The number of carbonyl (C=O) groups is 1. The van der Waals surface area contributed by atoms with Gasteiger partial charge in [-0.1, -0.05) is 26.0 Å². The summed E-state index contributed by atoms with van der Waals surface area (Å²) < 4.78 is 5.23. The molecule has 0 fully saturated rings. The molecule has 1 amide bonds. The maximum Gasteiger partial charge on any atom is 0.252 e. The Kier molecular flexibility index (Phi) is 7.93. The van der Waals surface area contributed by atoms with Crippen LogP contribution < -0.4 is 15.0 Å². The highest BCUT2D eigenvalue weighted by atomic mass is 16.5. The van der Waals surface area contributed by atoms with Crippen molar-refractivity contribution >= 4 is 11.6 Å². The Morgan fingerprint density at radius 2 is 1.92 bits per heavy atom. The van der Waals surface area contributed by atoms with Gasteiger partial charge in [0.1, 0.15) is 5.75 Å². The molecule has 140 valence electrons. The van der Waals surface area contributed by atoms with Gasteiger partial charge < -0.3 is 15.0 Å². The second-order valence-corrected chi connectivity index (χ2v) is 6.28. The lowest BCUT2D eigenvalue weighted by Crippen LogP contribution is -2.28. The highest BCUT2D eigenvalue weighted by Crippen LogP contribution is 2.16. The summed E-state index contributed by atoms with van der Waals surface area (Å²) in [7, 11) is 1.65. The van der Waals surface area contributed by atoms with Gasteiger partial charge >= 0.3 is 0 Å². The van der Waals surface area contributed by atoms with Crippen molar-refractivity contribution < 1.29 is 9.53 Å². The van der Waals surface area contributed by atoms with Crippen molar-refractivity contribution in [2.75, 3.05) is 31.6 Å². The molecule has 0 spiro atoms. The number of hydrogen-bond acceptors (Lipinski definition) is 4. The lowest BCUT2D eigenvalue weighted by Gasteiger charge is -2.23. The minimum Gasteiger partial charge on any atom is -0.497 e. The van der Waals surface area contributed by atoms with Gasteiger partial charge in [0.15, 0.2) is 0 Å². The van der Waals surface area contributed by atoms with E-state index in [4.69, 9.17) is 4.74 Å². The lowest BCUT2D eigenvalue weighted by molar-refractivity contribution is 0.0954. The number of pyridine rings is 1. The fourth-order valence-corrected chi connectivity index (χ4v) is 2.89. The number of anilines is 1. The Morgan fingerprint density at radius 3 is 2.62 bits per heavy atom. The summed E-state index contributed by atoms with van der Waals surface area (Å²) in [6, 6.07) is 9.82. The van der Waals surface area contributed by atoms with Gasteiger partial charge in [0.25, 0.3) is 5.91 Å². The van der Waals surface area contributed by atoms with Gasteiger partial charge in [0.2, 0.25) is 0 Å². The number of nitrogens with zero attached hydrogens (tertiary/aromatic N) is 2. The molecule has 0 aliphatic rings. The van der Waals surface area contributed by atoms with Gasteiger partial charge in [-0.2, -0.15) is 0 Å². The molecule has 0 aliphatic carbocycles. The maximum atomic E-state index is 12.5. The van der Waals surface area contributed by atoms with Crippen molar-refractivity contribution in [3.63, 3.8) is 0 Å². The number of hydrogen-bond donors (Lipinski definition) is 1. The number of carbonyl (C=O) groups excluding carboxylic acids is 1. The number of nitrogens with one attached hydrogen (secondary N) is 1. The van der Waals surface area contributed by atoms with Crippen molar-refractivity contribution in [1.82, 2.24) is 10.3 Å². The molecule has 0 atom stereocenters. The molecule has 1 heterocycles. The Morgan fingerprint density at radius 1 is 1.15 bits per heavy atom. The smallest absolute Gasteiger partial charge is 0.252 e. The molecular weight excluding hydrogens is 326 g/mol. The Balaban J connectivity index is 1.95. The predicted molar refractivity (Wildman–Crippen MR) is 106 cm³/mol. The van der Waals surface area contributed by atoms with Crippen LogP contribution >= 0.6 is 0 Å². The molecule has 0 saturated heterocycles. The van der Waals surface area contributed by atoms with Crippen molar-refractivity contribution in [2.45, 2.75) is 33.1 Å². The molecule has 0 aliphatic heterocycles. The third kappa shape index (κ3) is 5.76. The molecule has 26 heavy (non-hydrogen) atoms. The van der Waals surface area contributed by atoms with Crippen LogP contribution in [0.25, 0.3) is 0 Å². The second-order valence-electron chi connectivity index (χ2n) is 6.28. The van der Waals surface area contributed by atoms with E-state index in [9.17, 15) is 4.79 Å². The fraction of sp³-hybridized carbons (Fsp3) is 0.429. The van der Waals surface area contributed by atoms with Crippen LogP contribution in [0.1, 0.15) is 42.6 Å². The highest BCUT2D eigenvalue weighted by Gasteiger charge is 2.10. The normalized spacial score (nSPS) is 10.4. The number of rotatable bonds is 10. The van der Waals surface area contributed by atoms with E-state index in [-0.39, 0.29) is 5.91 Å². The largest absolute Gasteiger partial charge is 0.497 e. The van der Waals surface area contributed by atoms with Crippen LogP contribution in [0.2, 0.25) is 0 Å². The van der Waals surface area contributed by atoms with Crippen LogP contribution in [0.5, 0.6) is 5.75 Å². The minimum absolute atomic E-state index is 0.0878. The number of ether oxygens (including phenoxy) is 1.